The van der Waals surface area contributed by atoms with Crippen molar-refractivity contribution in [2.45, 2.75) is 12.5 Å². The van der Waals surface area contributed by atoms with Gasteiger partial charge in [-0.2, -0.15) is 5.26 Å². The Bertz CT molecular complexity index is 669. The highest BCUT2D eigenvalue weighted by atomic mass is 79.9. The van der Waals surface area contributed by atoms with E-state index < -0.39 is 5.82 Å². The molecule has 0 radical (unpaired) electrons. The van der Waals surface area contributed by atoms with Crippen LogP contribution in [-0.2, 0) is 12.5 Å². The summed E-state index contributed by atoms with van der Waals surface area (Å²) < 4.78 is 19.8. The van der Waals surface area contributed by atoms with Gasteiger partial charge in [0.25, 0.3) is 0 Å². The normalized spacial score (nSPS) is 10.1. The average molecular weight is 355 g/mol. The van der Waals surface area contributed by atoms with Gasteiger partial charge >= 0.3 is 0 Å². The first-order chi connectivity index (χ1) is 9.65. The van der Waals surface area contributed by atoms with Crippen molar-refractivity contribution in [1.29, 1.82) is 5.26 Å². The summed E-state index contributed by atoms with van der Waals surface area (Å²) in [5, 5.41) is 8.80. The number of alkyl halides is 1. The summed E-state index contributed by atoms with van der Waals surface area (Å²) in [6.45, 7) is 0.238. The van der Waals surface area contributed by atoms with E-state index in [4.69, 9.17) is 21.6 Å². The van der Waals surface area contributed by atoms with Gasteiger partial charge in [-0.1, -0.05) is 18.2 Å². The van der Waals surface area contributed by atoms with Crippen LogP contribution in [0.4, 0.5) is 4.39 Å². The molecule has 102 valence electrons. The lowest BCUT2D eigenvalue weighted by Crippen LogP contribution is -2.00. The molecule has 0 aromatic heterocycles. The van der Waals surface area contributed by atoms with Gasteiger partial charge in [0.1, 0.15) is 24.2 Å². The van der Waals surface area contributed by atoms with E-state index in [0.29, 0.717) is 11.6 Å². The van der Waals surface area contributed by atoms with E-state index in [9.17, 15) is 4.39 Å². The molecule has 2 nitrogen and oxygen atoms in total. The predicted octanol–water partition coefficient (Wildman–Crippen LogP) is 4.78. The Morgan fingerprint density at radius 2 is 2.10 bits per heavy atom. The van der Waals surface area contributed by atoms with Gasteiger partial charge in [0.15, 0.2) is 0 Å². The molecule has 0 spiro atoms. The molecular formula is C15H10BrClFNO. The summed E-state index contributed by atoms with van der Waals surface area (Å²) in [4.78, 5) is 0. The summed E-state index contributed by atoms with van der Waals surface area (Å²) in [5.74, 6) is 0.464. The number of hydrogen-bond acceptors (Lipinski definition) is 2. The molecule has 0 bridgehead atoms. The second kappa shape index (κ2) is 6.74. The van der Waals surface area contributed by atoms with Crippen molar-refractivity contribution < 1.29 is 9.13 Å². The SMILES string of the molecule is N#Cc1cc(COc2c(Br)cccc2CCl)ccc1F. The first-order valence-corrected chi connectivity index (χ1v) is 7.13. The summed E-state index contributed by atoms with van der Waals surface area (Å²) >= 11 is 9.27. The fourth-order valence-electron chi connectivity index (χ4n) is 1.72. The van der Waals surface area contributed by atoms with E-state index in [0.717, 1.165) is 15.6 Å². The zero-order valence-electron chi connectivity index (χ0n) is 10.4. The molecule has 0 saturated heterocycles. The lowest BCUT2D eigenvalue weighted by molar-refractivity contribution is 0.301. The van der Waals surface area contributed by atoms with Gasteiger partial charge in [-0.15, -0.1) is 11.6 Å². The summed E-state index contributed by atoms with van der Waals surface area (Å²) in [6.07, 6.45) is 0. The second-order valence-corrected chi connectivity index (χ2v) is 5.20. The molecule has 0 aliphatic carbocycles. The molecule has 0 aliphatic heterocycles. The van der Waals surface area contributed by atoms with Crippen LogP contribution in [0, 0.1) is 17.1 Å². The molecule has 0 unspecified atom stereocenters. The van der Waals surface area contributed by atoms with E-state index in [1.54, 1.807) is 12.1 Å². The fourth-order valence-corrected chi connectivity index (χ4v) is 2.46. The monoisotopic (exact) mass is 353 g/mol. The molecule has 20 heavy (non-hydrogen) atoms. The molecule has 0 heterocycles. The van der Waals surface area contributed by atoms with E-state index in [1.807, 2.05) is 18.2 Å². The molecule has 0 N–H and O–H groups in total. The van der Waals surface area contributed by atoms with Crippen LogP contribution in [0.3, 0.4) is 0 Å². The summed E-state index contributed by atoms with van der Waals surface area (Å²) in [5.41, 5.74) is 1.60. The maximum atomic E-state index is 13.2. The quantitative estimate of drug-likeness (QED) is 0.740. The van der Waals surface area contributed by atoms with E-state index in [1.165, 1.54) is 12.1 Å². The van der Waals surface area contributed by atoms with Crippen molar-refractivity contribution in [2.24, 2.45) is 0 Å². The average Bonchev–Trinajstić information content (AvgIpc) is 2.47. The van der Waals surface area contributed by atoms with Crippen molar-refractivity contribution in [3.63, 3.8) is 0 Å². The van der Waals surface area contributed by atoms with Crippen LogP contribution in [0.15, 0.2) is 40.9 Å². The van der Waals surface area contributed by atoms with E-state index in [-0.39, 0.29) is 12.2 Å². The number of halogens is 3. The van der Waals surface area contributed by atoms with Crippen molar-refractivity contribution in [3.05, 3.63) is 63.4 Å². The third-order valence-corrected chi connectivity index (χ3v) is 3.64. The zero-order valence-corrected chi connectivity index (χ0v) is 12.7. The number of para-hydroxylation sites is 1. The number of hydrogen-bond donors (Lipinski definition) is 0. The molecule has 0 atom stereocenters. The molecule has 2 aromatic rings. The standard InChI is InChI=1S/C15H10BrClFNO/c16-13-3-1-2-11(7-17)15(13)20-9-10-4-5-14(18)12(6-10)8-19/h1-6H,7,9H2. The smallest absolute Gasteiger partial charge is 0.140 e. The van der Waals surface area contributed by atoms with Crippen LogP contribution >= 0.6 is 27.5 Å². The Morgan fingerprint density at radius 3 is 2.80 bits per heavy atom. The van der Waals surface area contributed by atoms with Gasteiger partial charge in [-0.3, -0.25) is 0 Å². The van der Waals surface area contributed by atoms with Crippen LogP contribution in [0.5, 0.6) is 5.75 Å². The fraction of sp³-hybridized carbons (Fsp3) is 0.133. The van der Waals surface area contributed by atoms with Crippen LogP contribution in [-0.4, -0.2) is 0 Å². The Morgan fingerprint density at radius 1 is 1.30 bits per heavy atom. The Balaban J connectivity index is 2.19. The van der Waals surface area contributed by atoms with E-state index >= 15 is 0 Å². The largest absolute Gasteiger partial charge is 0.487 e. The molecule has 5 heteroatoms. The van der Waals surface area contributed by atoms with Gasteiger partial charge in [0, 0.05) is 5.56 Å². The van der Waals surface area contributed by atoms with Gasteiger partial charge in [0.2, 0.25) is 0 Å². The summed E-state index contributed by atoms with van der Waals surface area (Å²) in [7, 11) is 0. The van der Waals surface area contributed by atoms with Crippen molar-refractivity contribution in [3.8, 4) is 11.8 Å². The third kappa shape index (κ3) is 3.30. The first-order valence-electron chi connectivity index (χ1n) is 5.80. The number of nitriles is 1. The Kier molecular flexibility index (Phi) is 4.99. The first kappa shape index (κ1) is 14.8. The highest BCUT2D eigenvalue weighted by Gasteiger charge is 2.09. The maximum absolute atomic E-state index is 13.2. The van der Waals surface area contributed by atoms with E-state index in [2.05, 4.69) is 15.9 Å². The number of rotatable bonds is 4. The lowest BCUT2D eigenvalue weighted by atomic mass is 10.1. The Hall–Kier alpha value is -1.57. The lowest BCUT2D eigenvalue weighted by Gasteiger charge is -2.12. The zero-order chi connectivity index (χ0) is 14.5. The third-order valence-electron chi connectivity index (χ3n) is 2.73. The topological polar surface area (TPSA) is 33.0 Å². The van der Waals surface area contributed by atoms with Gasteiger partial charge in [-0.25, -0.2) is 4.39 Å². The highest BCUT2D eigenvalue weighted by molar-refractivity contribution is 9.10. The minimum atomic E-state index is -0.529. The number of ether oxygens (including phenoxy) is 1. The van der Waals surface area contributed by atoms with Gasteiger partial charge < -0.3 is 4.74 Å². The maximum Gasteiger partial charge on any atom is 0.140 e. The van der Waals surface area contributed by atoms with Crippen LogP contribution in [0.1, 0.15) is 16.7 Å². The molecule has 2 aromatic carbocycles. The molecular weight excluding hydrogens is 345 g/mol. The molecule has 0 aliphatic rings. The molecule has 0 fully saturated rings. The van der Waals surface area contributed by atoms with Crippen LogP contribution in [0.25, 0.3) is 0 Å². The molecule has 0 amide bonds. The van der Waals surface area contributed by atoms with Crippen molar-refractivity contribution in [2.75, 3.05) is 0 Å². The number of benzene rings is 2. The van der Waals surface area contributed by atoms with Crippen LogP contribution in [0.2, 0.25) is 0 Å². The molecule has 0 saturated carbocycles. The second-order valence-electron chi connectivity index (χ2n) is 4.08. The molecule has 2 rings (SSSR count). The van der Waals surface area contributed by atoms with Crippen molar-refractivity contribution in [1.82, 2.24) is 0 Å². The van der Waals surface area contributed by atoms with Crippen LogP contribution < -0.4 is 4.74 Å². The summed E-state index contributed by atoms with van der Waals surface area (Å²) in [6, 6.07) is 11.7. The van der Waals surface area contributed by atoms with Gasteiger partial charge in [0.05, 0.1) is 15.9 Å². The van der Waals surface area contributed by atoms with Gasteiger partial charge in [-0.05, 0) is 39.7 Å². The highest BCUT2D eigenvalue weighted by Crippen LogP contribution is 2.30. The minimum Gasteiger partial charge on any atom is -0.487 e. The number of nitrogens with zero attached hydrogens (tertiary/aromatic N) is 1. The minimum absolute atomic E-state index is 0.00999. The van der Waals surface area contributed by atoms with Crippen molar-refractivity contribution >= 4 is 27.5 Å². The predicted molar refractivity (Wildman–Crippen MR) is 79.1 cm³/mol. The Labute approximate surface area is 129 Å².